The summed E-state index contributed by atoms with van der Waals surface area (Å²) in [5.41, 5.74) is -0.890. The first-order valence-corrected chi connectivity index (χ1v) is 5.53. The third-order valence-corrected chi connectivity index (χ3v) is 2.97. The van der Waals surface area contributed by atoms with E-state index in [4.69, 9.17) is 0 Å². The molecule has 2 N–H and O–H groups in total. The highest BCUT2D eigenvalue weighted by Crippen LogP contribution is 2.36. The molecule has 0 bridgehead atoms. The number of imide groups is 1. The minimum absolute atomic E-state index is 0.0941. The third-order valence-electron chi connectivity index (χ3n) is 2.97. The molecule has 2 amide bonds. The zero-order valence-corrected chi connectivity index (χ0v) is 9.62. The predicted octanol–water partition coefficient (Wildman–Crippen LogP) is 1.93. The van der Waals surface area contributed by atoms with Gasteiger partial charge in [-0.05, 0) is 18.6 Å². The van der Waals surface area contributed by atoms with Crippen molar-refractivity contribution in [1.82, 2.24) is 5.32 Å². The Morgan fingerprint density at radius 1 is 1.26 bits per heavy atom. The van der Waals surface area contributed by atoms with Gasteiger partial charge in [0.15, 0.2) is 0 Å². The molecule has 0 aromatic heterocycles. The van der Waals surface area contributed by atoms with Gasteiger partial charge >= 0.3 is 6.18 Å². The van der Waals surface area contributed by atoms with E-state index in [2.05, 4.69) is 5.32 Å². The summed E-state index contributed by atoms with van der Waals surface area (Å²) in [4.78, 5) is 22.6. The summed E-state index contributed by atoms with van der Waals surface area (Å²) in [7, 11) is 0. The Hall–Kier alpha value is -2.05. The first-order chi connectivity index (χ1) is 8.79. The molecule has 1 aliphatic rings. The Morgan fingerprint density at radius 2 is 1.95 bits per heavy atom. The van der Waals surface area contributed by atoms with E-state index in [0.717, 1.165) is 12.1 Å². The molecule has 0 spiro atoms. The number of rotatable bonds is 1. The monoisotopic (exact) mass is 273 g/mol. The van der Waals surface area contributed by atoms with Crippen molar-refractivity contribution in [3.05, 3.63) is 29.3 Å². The molecule has 1 unspecified atom stereocenters. The summed E-state index contributed by atoms with van der Waals surface area (Å²) in [5.74, 6) is -2.43. The second kappa shape index (κ2) is 4.56. The number of benzene rings is 1. The van der Waals surface area contributed by atoms with Gasteiger partial charge < -0.3 is 5.11 Å². The Balaban J connectivity index is 2.31. The van der Waals surface area contributed by atoms with Gasteiger partial charge in [0.1, 0.15) is 5.75 Å². The lowest BCUT2D eigenvalue weighted by Crippen LogP contribution is -2.39. The lowest BCUT2D eigenvalue weighted by Gasteiger charge is -2.22. The van der Waals surface area contributed by atoms with Crippen LogP contribution in [0.15, 0.2) is 18.2 Å². The van der Waals surface area contributed by atoms with Gasteiger partial charge in [0.05, 0.1) is 11.5 Å². The first-order valence-electron chi connectivity index (χ1n) is 5.53. The zero-order valence-electron chi connectivity index (χ0n) is 9.62. The number of carbonyl (C=O) groups is 2. The summed E-state index contributed by atoms with van der Waals surface area (Å²) >= 11 is 0. The maximum atomic E-state index is 12.4. The lowest BCUT2D eigenvalue weighted by atomic mass is 9.89. The Bertz CT molecular complexity index is 540. The molecule has 1 saturated heterocycles. The van der Waals surface area contributed by atoms with Crippen molar-refractivity contribution in [3.8, 4) is 5.75 Å². The number of amides is 2. The molecule has 4 nitrogen and oxygen atoms in total. The number of nitrogens with one attached hydrogen (secondary N) is 1. The number of piperidine rings is 1. The fraction of sp³-hybridized carbons (Fsp3) is 0.333. The smallest absolute Gasteiger partial charge is 0.416 e. The molecular formula is C12H10F3NO3. The molecule has 19 heavy (non-hydrogen) atoms. The molecule has 2 rings (SSSR count). The van der Waals surface area contributed by atoms with Crippen molar-refractivity contribution in [2.75, 3.05) is 0 Å². The number of halogens is 3. The van der Waals surface area contributed by atoms with Crippen molar-refractivity contribution < 1.29 is 27.9 Å². The minimum Gasteiger partial charge on any atom is -0.508 e. The fourth-order valence-electron chi connectivity index (χ4n) is 2.00. The van der Waals surface area contributed by atoms with E-state index in [1.807, 2.05) is 0 Å². The average molecular weight is 273 g/mol. The molecule has 1 heterocycles. The normalized spacial score (nSPS) is 20.3. The molecule has 1 aliphatic heterocycles. The van der Waals surface area contributed by atoms with Crippen LogP contribution in [0.4, 0.5) is 13.2 Å². The van der Waals surface area contributed by atoms with Gasteiger partial charge in [0, 0.05) is 12.0 Å². The van der Waals surface area contributed by atoms with Crippen LogP contribution in [0.1, 0.15) is 29.9 Å². The van der Waals surface area contributed by atoms with Gasteiger partial charge in [-0.25, -0.2) is 0 Å². The SMILES string of the molecule is O=C1CCC(c2ccc(C(F)(F)F)cc2O)C(=O)N1. The molecule has 0 saturated carbocycles. The van der Waals surface area contributed by atoms with Gasteiger partial charge in [-0.2, -0.15) is 13.2 Å². The quantitative estimate of drug-likeness (QED) is 0.768. The first kappa shape index (κ1) is 13.4. The van der Waals surface area contributed by atoms with Crippen LogP contribution in [0.2, 0.25) is 0 Å². The highest BCUT2D eigenvalue weighted by Gasteiger charge is 2.34. The zero-order chi connectivity index (χ0) is 14.2. The van der Waals surface area contributed by atoms with Crippen LogP contribution in [0, 0.1) is 0 Å². The van der Waals surface area contributed by atoms with E-state index < -0.39 is 35.2 Å². The van der Waals surface area contributed by atoms with E-state index >= 15 is 0 Å². The Morgan fingerprint density at radius 3 is 2.47 bits per heavy atom. The lowest BCUT2D eigenvalue weighted by molar-refractivity contribution is -0.137. The molecule has 7 heteroatoms. The van der Waals surface area contributed by atoms with E-state index in [1.165, 1.54) is 0 Å². The van der Waals surface area contributed by atoms with Crippen molar-refractivity contribution in [2.24, 2.45) is 0 Å². The standard InChI is InChI=1S/C12H10F3NO3/c13-12(14,15)6-1-2-7(9(17)5-6)8-3-4-10(18)16-11(8)19/h1-2,5,8,17H,3-4H2,(H,16,18,19). The number of alkyl halides is 3. The summed E-state index contributed by atoms with van der Waals surface area (Å²) in [6.45, 7) is 0. The molecule has 102 valence electrons. The van der Waals surface area contributed by atoms with Crippen LogP contribution in [0.25, 0.3) is 0 Å². The molecule has 1 atom stereocenters. The summed E-state index contributed by atoms with van der Waals surface area (Å²) in [6, 6.07) is 2.45. The van der Waals surface area contributed by atoms with Crippen molar-refractivity contribution in [1.29, 1.82) is 0 Å². The largest absolute Gasteiger partial charge is 0.508 e. The van der Waals surface area contributed by atoms with Gasteiger partial charge in [-0.1, -0.05) is 6.07 Å². The molecule has 1 aromatic carbocycles. The number of carbonyl (C=O) groups excluding carboxylic acids is 2. The maximum Gasteiger partial charge on any atom is 0.416 e. The van der Waals surface area contributed by atoms with Gasteiger partial charge in [-0.15, -0.1) is 0 Å². The third kappa shape index (κ3) is 2.69. The van der Waals surface area contributed by atoms with Gasteiger partial charge in [0.2, 0.25) is 11.8 Å². The number of hydrogen-bond acceptors (Lipinski definition) is 3. The molecule has 1 fully saturated rings. The van der Waals surface area contributed by atoms with E-state index in [0.29, 0.717) is 6.07 Å². The number of hydrogen-bond donors (Lipinski definition) is 2. The maximum absolute atomic E-state index is 12.4. The van der Waals surface area contributed by atoms with Crippen LogP contribution in [0.3, 0.4) is 0 Å². The summed E-state index contributed by atoms with van der Waals surface area (Å²) < 4.78 is 37.3. The highest BCUT2D eigenvalue weighted by molar-refractivity contribution is 6.01. The average Bonchev–Trinajstić information content (AvgIpc) is 2.28. The fourth-order valence-corrected chi connectivity index (χ4v) is 2.00. The second-order valence-electron chi connectivity index (χ2n) is 4.28. The van der Waals surface area contributed by atoms with Gasteiger partial charge in [-0.3, -0.25) is 14.9 Å². The Labute approximate surface area is 106 Å². The van der Waals surface area contributed by atoms with Crippen molar-refractivity contribution >= 4 is 11.8 Å². The van der Waals surface area contributed by atoms with Crippen LogP contribution < -0.4 is 5.32 Å². The van der Waals surface area contributed by atoms with E-state index in [9.17, 15) is 27.9 Å². The molecule has 0 radical (unpaired) electrons. The van der Waals surface area contributed by atoms with Crippen LogP contribution >= 0.6 is 0 Å². The second-order valence-corrected chi connectivity index (χ2v) is 4.28. The van der Waals surface area contributed by atoms with E-state index in [1.54, 1.807) is 0 Å². The summed E-state index contributed by atoms with van der Waals surface area (Å²) in [5, 5.41) is 11.7. The highest BCUT2D eigenvalue weighted by atomic mass is 19.4. The van der Waals surface area contributed by atoms with E-state index in [-0.39, 0.29) is 18.4 Å². The number of phenolic OH excluding ortho intramolecular Hbond substituents is 1. The molecular weight excluding hydrogens is 263 g/mol. The number of aromatic hydroxyl groups is 1. The van der Waals surface area contributed by atoms with Gasteiger partial charge in [0.25, 0.3) is 0 Å². The van der Waals surface area contributed by atoms with Crippen LogP contribution in [-0.4, -0.2) is 16.9 Å². The topological polar surface area (TPSA) is 66.4 Å². The summed E-state index contributed by atoms with van der Waals surface area (Å²) in [6.07, 6.45) is -4.29. The van der Waals surface area contributed by atoms with Crippen LogP contribution in [0.5, 0.6) is 5.75 Å². The predicted molar refractivity (Wildman–Crippen MR) is 58.2 cm³/mol. The van der Waals surface area contributed by atoms with Crippen LogP contribution in [-0.2, 0) is 15.8 Å². The minimum atomic E-state index is -4.55. The molecule has 1 aromatic rings. The van der Waals surface area contributed by atoms with Crippen molar-refractivity contribution in [3.63, 3.8) is 0 Å². The number of phenols is 1. The molecule has 0 aliphatic carbocycles. The van der Waals surface area contributed by atoms with Crippen molar-refractivity contribution in [2.45, 2.75) is 24.9 Å². The Kier molecular flexibility index (Phi) is 3.21.